The molecule has 4 saturated heterocycles. The Bertz CT molecular complexity index is 5940. The summed E-state index contributed by atoms with van der Waals surface area (Å²) in [6, 6.07) is -5.49. The van der Waals surface area contributed by atoms with Crippen LogP contribution in [-0.2, 0) is 63.6 Å². The van der Waals surface area contributed by atoms with E-state index in [0.29, 0.717) is 9.80 Å². The molecular formula is C96H152N8O16. The Morgan fingerprint density at radius 3 is 0.683 bits per heavy atom. The van der Waals surface area contributed by atoms with Crippen LogP contribution in [0, 0.1) is 70.9 Å². The van der Waals surface area contributed by atoms with Crippen molar-refractivity contribution < 1.29 is 139 Å². The van der Waals surface area contributed by atoms with Gasteiger partial charge in [-0.1, -0.05) is 111 Å². The molecular weight excluding hydrogens is 1520 g/mol. The van der Waals surface area contributed by atoms with Gasteiger partial charge in [0.05, 0.1) is 70.4 Å². The van der Waals surface area contributed by atoms with Gasteiger partial charge in [-0.25, -0.2) is 0 Å². The Labute approximate surface area is 783 Å². The molecule has 4 fully saturated rings. The summed E-state index contributed by atoms with van der Waals surface area (Å²) in [6.07, 6.45) is -40.7. The van der Waals surface area contributed by atoms with Crippen LogP contribution in [0.15, 0.2) is 48.5 Å². The minimum atomic E-state index is -3.41. The van der Waals surface area contributed by atoms with Crippen LogP contribution in [0.2, 0.25) is 0 Å². The van der Waals surface area contributed by atoms with Gasteiger partial charge in [0.1, 0.15) is 48.5 Å². The van der Waals surface area contributed by atoms with E-state index in [2.05, 4.69) is 0 Å². The number of carbonyl (C=O) groups is 4. The van der Waals surface area contributed by atoms with E-state index < -0.39 is 344 Å². The lowest BCUT2D eigenvalue weighted by molar-refractivity contribution is -0.161. The third kappa shape index (κ3) is 23.8. The van der Waals surface area contributed by atoms with E-state index in [9.17, 15) is 41.1 Å². The number of fused-ring (bicyclic) bond motifs is 12. The van der Waals surface area contributed by atoms with Crippen LogP contribution in [-0.4, -0.2) is 201 Å². The minimum Gasteiger partial charge on any atom is -0.493 e. The van der Waals surface area contributed by atoms with Gasteiger partial charge >= 0.3 is 23.9 Å². The molecule has 120 heavy (non-hydrogen) atoms. The van der Waals surface area contributed by atoms with Crippen molar-refractivity contribution >= 4 is 23.9 Å². The number of carbonyl (C=O) groups excluding carboxylic acids is 4. The lowest BCUT2D eigenvalue weighted by atomic mass is 9.79. The molecule has 0 aliphatic carbocycles. The molecule has 12 rings (SSSR count). The van der Waals surface area contributed by atoms with Crippen LogP contribution in [0.5, 0.6) is 46.0 Å². The first kappa shape index (κ1) is 50.7. The largest absolute Gasteiger partial charge is 0.493 e. The molecule has 0 radical (unpaired) electrons. The molecule has 0 aromatic heterocycles. The van der Waals surface area contributed by atoms with Crippen LogP contribution in [0.1, 0.15) is 294 Å². The topological polar surface area (TPSA) is 296 Å². The van der Waals surface area contributed by atoms with Gasteiger partial charge in [0.2, 0.25) is 0 Å². The Hall–Kier alpha value is -7.16. The highest BCUT2D eigenvalue weighted by molar-refractivity contribution is 5.77. The van der Waals surface area contributed by atoms with Crippen molar-refractivity contribution in [1.82, 2.24) is 19.6 Å². The summed E-state index contributed by atoms with van der Waals surface area (Å²) in [4.78, 5) is 53.8. The zero-order valence-corrected chi connectivity index (χ0v) is 72.3. The first-order valence-corrected chi connectivity index (χ1v) is 39.8. The molecule has 24 nitrogen and oxygen atoms in total. The number of rotatable bonds is 28. The number of hydrogen-bond donors (Lipinski definition) is 4. The minimum absolute atomic E-state index is 0.0230. The molecule has 8 heterocycles. The smallest absolute Gasteiger partial charge is 0.323 e. The molecule has 8 aliphatic heterocycles. The molecule has 8 N–H and O–H groups in total. The normalized spacial score (nSPS) is 42.4. The zero-order chi connectivity index (χ0) is 129. The number of hydrogen-bond acceptors (Lipinski definition) is 24. The molecule has 0 bridgehead atoms. The third-order valence-corrected chi connectivity index (χ3v) is 19.9. The molecule has 0 spiro atoms. The third-order valence-electron chi connectivity index (χ3n) is 19.9. The number of nitrogens with two attached hydrogens (primary N) is 4. The predicted octanol–water partition coefficient (Wildman–Crippen LogP) is 14.3. The van der Waals surface area contributed by atoms with Crippen molar-refractivity contribution in [3.05, 3.63) is 93.0 Å². The van der Waals surface area contributed by atoms with Gasteiger partial charge in [-0.15, -0.1) is 0 Å². The number of piperidine rings is 4. The molecule has 12 unspecified atom stereocenters. The fraction of sp³-hybridized carbons (Fsp3) is 0.708. The van der Waals surface area contributed by atoms with Crippen molar-refractivity contribution in [3.8, 4) is 46.0 Å². The van der Waals surface area contributed by atoms with E-state index in [0.717, 1.165) is 50.6 Å². The summed E-state index contributed by atoms with van der Waals surface area (Å²) in [5, 5.41) is 0. The summed E-state index contributed by atoms with van der Waals surface area (Å²) >= 11 is 0. The maximum atomic E-state index is 13.2. The number of ether oxygens (including phenoxy) is 12. The van der Waals surface area contributed by atoms with Gasteiger partial charge in [-0.05, 0) is 192 Å². The second-order valence-corrected chi connectivity index (χ2v) is 32.4. The van der Waals surface area contributed by atoms with Gasteiger partial charge in [-0.3, -0.25) is 38.8 Å². The molecule has 16 atom stereocenters. The highest BCUT2D eigenvalue weighted by Crippen LogP contribution is 2.50. The SMILES string of the molecule is [2H]C([2H])([2H])Oc1cc2c(cc1OC)C1N(C([2H])([2H])C2([2H])[2H])C([2H])([2H])C([2H])(CC(C)C)C([2H])(OC(=O)[C@@H](N)C(C)C)C1([2H])[2H].[2H]C([2H])([2H])Oc1cc2c(cc1OC)C1N(C([2H])([2H])C2([2H])[2H])C([2H])([2H])C([2H])(CC(C)C)C([2H])(OC(=O)[C@@H](N)C(C)C)C1([2H])[2H].[2H]C1([2H])c2cc(OC)c(OC)cc2C2N(C1([2H])[2H])C([2H])([2H])C([2H])(CC(C)C)C([2H])(OC(=O)[C@@H](N)C(C)C)C2([2H])[2H].[2H]C1([2H])c2cc(OC)c(OC)cc2C2N(C1([2H])[2H])C([2H])([2H])C([2H])(CC(C)C)C([2H])(OC(=O)[C@@H](N)C(C)C)C2([2H])[2H]. The van der Waals surface area contributed by atoms with Crippen molar-refractivity contribution in [1.29, 1.82) is 0 Å². The summed E-state index contributed by atoms with van der Waals surface area (Å²) in [7, 11) is 1.32. The Morgan fingerprint density at radius 2 is 0.517 bits per heavy atom. The van der Waals surface area contributed by atoms with Crippen LogP contribution < -0.4 is 60.8 Å². The Kier molecular flexibility index (Phi) is 18.6. The number of aryl methyl sites for hydroxylation is 4. The molecule has 4 aromatic carbocycles. The first-order valence-electron chi connectivity index (χ1n) is 62.8. The van der Waals surface area contributed by atoms with E-state index in [4.69, 9.17) is 121 Å². The van der Waals surface area contributed by atoms with E-state index in [1.165, 1.54) is 40.6 Å². The standard InChI is InChI=1S/4C24H38N2O4/c4*1-14(2)9-17-13-26-8-7-16-10-21(28-5)22(29-6)11-18(16)19(26)12-20(17)30-24(27)23(25)15(3)4/h4*10-11,14-15,17,19-20,23H,7-9,12-13,25H2,1-6H3/t4*17?,19?,20?,23-/m0000/s1/i2*5D3,7D2,8D2,12D2,13D2,17D,20D;2*7D2,8D2,12D2,13D2,17D,20D. The van der Waals surface area contributed by atoms with Crippen LogP contribution in [0.25, 0.3) is 0 Å². The molecule has 672 valence electrons. The van der Waals surface area contributed by atoms with Crippen molar-refractivity contribution in [2.24, 2.45) is 93.9 Å². The molecule has 4 aromatic rings. The summed E-state index contributed by atoms with van der Waals surface area (Å²) in [6.45, 7) is -1.15. The maximum Gasteiger partial charge on any atom is 0.323 e. The maximum absolute atomic E-state index is 13.2. The van der Waals surface area contributed by atoms with Gasteiger partial charge < -0.3 is 79.8 Å². The van der Waals surface area contributed by atoms with Crippen molar-refractivity contribution in [2.75, 3.05) is 109 Å². The van der Waals surface area contributed by atoms with E-state index in [-0.39, 0.29) is 66.6 Å². The lowest BCUT2D eigenvalue weighted by Gasteiger charge is -2.47. The van der Waals surface area contributed by atoms with Gasteiger partial charge in [0, 0.05) is 175 Å². The number of benzene rings is 4. The van der Waals surface area contributed by atoms with Crippen molar-refractivity contribution in [2.45, 2.75) is 260 Å². The fourth-order valence-corrected chi connectivity index (χ4v) is 12.9. The quantitative estimate of drug-likeness (QED) is 0.0303. The average molecular weight is 1720 g/mol. The van der Waals surface area contributed by atoms with Gasteiger partial charge in [0.25, 0.3) is 0 Å². The number of esters is 4. The van der Waals surface area contributed by atoms with Gasteiger partial charge in [0.15, 0.2) is 46.0 Å². The van der Waals surface area contributed by atoms with Crippen molar-refractivity contribution in [3.63, 3.8) is 0 Å². The second-order valence-electron chi connectivity index (χ2n) is 32.4. The highest BCUT2D eigenvalue weighted by Gasteiger charge is 2.47. The monoisotopic (exact) mass is 1720 g/mol. The molecule has 0 amide bonds. The molecule has 0 saturated carbocycles. The van der Waals surface area contributed by atoms with E-state index in [1.54, 1.807) is 111 Å². The van der Waals surface area contributed by atoms with Crippen LogP contribution in [0.3, 0.4) is 0 Å². The summed E-state index contributed by atoms with van der Waals surface area (Å²) < 4.78 is 472. The highest BCUT2D eigenvalue weighted by atomic mass is 16.6. The van der Waals surface area contributed by atoms with E-state index >= 15 is 0 Å². The predicted molar refractivity (Wildman–Crippen MR) is 471 cm³/mol. The molecule has 24 heteroatoms. The summed E-state index contributed by atoms with van der Waals surface area (Å²) in [5.41, 5.74) is 20.6. The fourth-order valence-electron chi connectivity index (χ4n) is 12.9. The van der Waals surface area contributed by atoms with Crippen LogP contribution in [0.4, 0.5) is 0 Å². The Balaban J connectivity index is 0.000000243. The molecule has 8 aliphatic rings. The second kappa shape index (κ2) is 43.9. The number of methoxy groups -OCH3 is 8. The van der Waals surface area contributed by atoms with Gasteiger partial charge in [-0.2, -0.15) is 0 Å². The average Bonchev–Trinajstić information content (AvgIpc) is 0.663. The summed E-state index contributed by atoms with van der Waals surface area (Å²) in [5.74, 6) is -22.8. The first-order chi connectivity index (χ1) is 74.3. The number of nitrogens with zero attached hydrogens (tertiary/aromatic N) is 4. The van der Waals surface area contributed by atoms with E-state index in [1.807, 2.05) is 0 Å². The Morgan fingerprint density at radius 1 is 0.333 bits per heavy atom. The zero-order valence-electron chi connectivity index (χ0n) is 118. The lowest BCUT2D eigenvalue weighted by Crippen LogP contribution is -2.51. The van der Waals surface area contributed by atoms with Crippen LogP contribution >= 0.6 is 0 Å².